The minimum atomic E-state index is -0.184. The Kier molecular flexibility index (Phi) is 4.08. The van der Waals surface area contributed by atoms with Crippen molar-refractivity contribution >= 4 is 27.5 Å². The molecule has 1 aliphatic rings. The van der Waals surface area contributed by atoms with Crippen LogP contribution in [0, 0.1) is 0 Å². The molecule has 4 N–H and O–H groups in total. The zero-order valence-corrected chi connectivity index (χ0v) is 11.5. The van der Waals surface area contributed by atoms with E-state index in [9.17, 15) is 5.11 Å². The van der Waals surface area contributed by atoms with Gasteiger partial charge in [0.1, 0.15) is 0 Å². The van der Waals surface area contributed by atoms with Gasteiger partial charge in [-0.2, -0.15) is 0 Å². The van der Waals surface area contributed by atoms with Crippen molar-refractivity contribution in [2.45, 2.75) is 18.9 Å². The van der Waals surface area contributed by atoms with Gasteiger partial charge < -0.3 is 20.9 Å². The molecule has 1 heterocycles. The predicted molar refractivity (Wildman–Crippen MR) is 74.1 cm³/mol. The smallest absolute Gasteiger partial charge is 0.170 e. The van der Waals surface area contributed by atoms with E-state index in [-0.39, 0.29) is 11.9 Å². The summed E-state index contributed by atoms with van der Waals surface area (Å²) in [6.07, 6.45) is 1.39. The van der Waals surface area contributed by atoms with Crippen LogP contribution in [0.3, 0.4) is 0 Å². The van der Waals surface area contributed by atoms with Gasteiger partial charge in [-0.15, -0.1) is 0 Å². The van der Waals surface area contributed by atoms with Crippen molar-refractivity contribution in [3.8, 4) is 0 Å². The maximum Gasteiger partial charge on any atom is 0.170 e. The first-order valence-electron chi connectivity index (χ1n) is 5.82. The lowest BCUT2D eigenvalue weighted by Crippen LogP contribution is -2.36. The number of anilines is 1. The summed E-state index contributed by atoms with van der Waals surface area (Å²) in [5, 5.41) is 21.1. The van der Waals surface area contributed by atoms with Crippen LogP contribution in [-0.2, 0) is 0 Å². The molecule has 18 heavy (non-hydrogen) atoms. The van der Waals surface area contributed by atoms with Gasteiger partial charge in [-0.3, -0.25) is 0 Å². The Balaban J connectivity index is 2.20. The summed E-state index contributed by atoms with van der Waals surface area (Å²) in [5.74, 6) is 0.0938. The summed E-state index contributed by atoms with van der Waals surface area (Å²) >= 11 is 3.50. The van der Waals surface area contributed by atoms with Crippen LogP contribution in [0.5, 0.6) is 0 Å². The number of aliphatic hydroxyl groups is 1. The minimum absolute atomic E-state index is 0.0938. The number of piperidine rings is 1. The van der Waals surface area contributed by atoms with Crippen LogP contribution >= 0.6 is 15.9 Å². The number of hydrogen-bond acceptors (Lipinski definition) is 4. The number of benzene rings is 1. The van der Waals surface area contributed by atoms with Crippen LogP contribution in [0.4, 0.5) is 5.69 Å². The van der Waals surface area contributed by atoms with Gasteiger partial charge in [0.25, 0.3) is 0 Å². The van der Waals surface area contributed by atoms with Crippen molar-refractivity contribution in [2.75, 3.05) is 18.0 Å². The van der Waals surface area contributed by atoms with E-state index in [1.807, 2.05) is 18.2 Å². The lowest BCUT2D eigenvalue weighted by Gasteiger charge is -2.32. The van der Waals surface area contributed by atoms with E-state index in [0.29, 0.717) is 5.56 Å². The van der Waals surface area contributed by atoms with Crippen molar-refractivity contribution in [3.05, 3.63) is 28.2 Å². The van der Waals surface area contributed by atoms with Crippen LogP contribution in [0.2, 0.25) is 0 Å². The van der Waals surface area contributed by atoms with E-state index in [1.165, 1.54) is 0 Å². The molecule has 0 atom stereocenters. The lowest BCUT2D eigenvalue weighted by atomic mass is 10.1. The molecular weight excluding hydrogens is 298 g/mol. The van der Waals surface area contributed by atoms with Crippen LogP contribution < -0.4 is 10.6 Å². The third-order valence-electron chi connectivity index (χ3n) is 3.16. The molecule has 1 aromatic rings. The number of nitrogens with two attached hydrogens (primary N) is 1. The quantitative estimate of drug-likeness (QED) is 0.334. The van der Waals surface area contributed by atoms with Crippen LogP contribution in [0.25, 0.3) is 0 Å². The highest BCUT2D eigenvalue weighted by Crippen LogP contribution is 2.29. The number of halogens is 1. The molecule has 5 nitrogen and oxygen atoms in total. The third kappa shape index (κ3) is 2.76. The number of oxime groups is 1. The Labute approximate surface area is 114 Å². The molecule has 0 radical (unpaired) electrons. The van der Waals surface area contributed by atoms with Crippen molar-refractivity contribution in [1.82, 2.24) is 0 Å². The van der Waals surface area contributed by atoms with Crippen LogP contribution in [0.15, 0.2) is 27.8 Å². The van der Waals surface area contributed by atoms with E-state index in [2.05, 4.69) is 26.0 Å². The second-order valence-corrected chi connectivity index (χ2v) is 5.22. The largest absolute Gasteiger partial charge is 0.409 e. The van der Waals surface area contributed by atoms with Gasteiger partial charge in [-0.1, -0.05) is 5.16 Å². The molecule has 0 aromatic heterocycles. The van der Waals surface area contributed by atoms with Crippen molar-refractivity contribution in [2.24, 2.45) is 10.9 Å². The van der Waals surface area contributed by atoms with Crippen LogP contribution in [0.1, 0.15) is 18.4 Å². The fourth-order valence-corrected chi connectivity index (χ4v) is 2.72. The molecule has 1 saturated heterocycles. The van der Waals surface area contributed by atoms with Gasteiger partial charge >= 0.3 is 0 Å². The average Bonchev–Trinajstić information content (AvgIpc) is 2.39. The molecule has 0 unspecified atom stereocenters. The van der Waals surface area contributed by atoms with E-state index in [4.69, 9.17) is 10.9 Å². The Morgan fingerprint density at radius 1 is 1.39 bits per heavy atom. The third-order valence-corrected chi connectivity index (χ3v) is 3.79. The normalized spacial score (nSPS) is 18.1. The van der Waals surface area contributed by atoms with Crippen molar-refractivity contribution in [3.63, 3.8) is 0 Å². The monoisotopic (exact) mass is 313 g/mol. The Morgan fingerprint density at radius 3 is 2.61 bits per heavy atom. The highest BCUT2D eigenvalue weighted by molar-refractivity contribution is 9.10. The maximum absolute atomic E-state index is 9.49. The number of amidine groups is 1. The maximum atomic E-state index is 9.49. The Hall–Kier alpha value is -1.27. The topological polar surface area (TPSA) is 82.1 Å². The first-order chi connectivity index (χ1) is 8.61. The van der Waals surface area contributed by atoms with Gasteiger partial charge in [0.2, 0.25) is 0 Å². The second-order valence-electron chi connectivity index (χ2n) is 4.37. The molecule has 0 aliphatic carbocycles. The SMILES string of the molecule is N/C(=N/O)c1ccc(N2CCC(O)CC2)c(Br)c1. The molecule has 1 aromatic carbocycles. The fraction of sp³-hybridized carbons (Fsp3) is 0.417. The van der Waals surface area contributed by atoms with Gasteiger partial charge in [0, 0.05) is 23.1 Å². The van der Waals surface area contributed by atoms with Crippen LogP contribution in [-0.4, -0.2) is 35.3 Å². The molecule has 0 saturated carbocycles. The number of nitrogens with zero attached hydrogens (tertiary/aromatic N) is 2. The molecule has 6 heteroatoms. The molecule has 1 aliphatic heterocycles. The summed E-state index contributed by atoms with van der Waals surface area (Å²) in [6.45, 7) is 1.67. The highest BCUT2D eigenvalue weighted by Gasteiger charge is 2.19. The van der Waals surface area contributed by atoms with Crippen molar-refractivity contribution < 1.29 is 10.3 Å². The zero-order valence-electron chi connectivity index (χ0n) is 9.88. The van der Waals surface area contributed by atoms with E-state index >= 15 is 0 Å². The Morgan fingerprint density at radius 2 is 2.06 bits per heavy atom. The summed E-state index contributed by atoms with van der Waals surface area (Å²) in [5.41, 5.74) is 7.28. The lowest BCUT2D eigenvalue weighted by molar-refractivity contribution is 0.145. The molecule has 0 amide bonds. The number of rotatable bonds is 2. The summed E-state index contributed by atoms with van der Waals surface area (Å²) in [7, 11) is 0. The number of hydrogen-bond donors (Lipinski definition) is 3. The summed E-state index contributed by atoms with van der Waals surface area (Å²) in [4.78, 5) is 2.22. The standard InChI is InChI=1S/C12H16BrN3O2/c13-10-7-8(12(14)15-18)1-2-11(10)16-5-3-9(17)4-6-16/h1-2,7,9,17-18H,3-6H2,(H2,14,15). The summed E-state index contributed by atoms with van der Waals surface area (Å²) < 4.78 is 0.906. The van der Waals surface area contributed by atoms with Gasteiger partial charge in [0.15, 0.2) is 5.84 Å². The molecule has 98 valence electrons. The van der Waals surface area contributed by atoms with Gasteiger partial charge in [-0.25, -0.2) is 0 Å². The first-order valence-corrected chi connectivity index (χ1v) is 6.61. The number of aliphatic hydroxyl groups excluding tert-OH is 1. The molecule has 1 fully saturated rings. The summed E-state index contributed by atoms with van der Waals surface area (Å²) in [6, 6.07) is 5.59. The van der Waals surface area contributed by atoms with Gasteiger partial charge in [-0.05, 0) is 47.0 Å². The van der Waals surface area contributed by atoms with Crippen molar-refractivity contribution in [1.29, 1.82) is 0 Å². The predicted octanol–water partition coefficient (Wildman–Crippen LogP) is 1.50. The fourth-order valence-electron chi connectivity index (χ4n) is 2.09. The highest BCUT2D eigenvalue weighted by atomic mass is 79.9. The molecule has 0 spiro atoms. The molecular formula is C12H16BrN3O2. The van der Waals surface area contributed by atoms with E-state index < -0.39 is 0 Å². The van der Waals surface area contributed by atoms with Gasteiger partial charge in [0.05, 0.1) is 11.8 Å². The first kappa shape index (κ1) is 13.2. The average molecular weight is 314 g/mol. The Bertz CT molecular complexity index is 457. The molecule has 0 bridgehead atoms. The second kappa shape index (κ2) is 5.58. The van der Waals surface area contributed by atoms with E-state index in [1.54, 1.807) is 0 Å². The minimum Gasteiger partial charge on any atom is -0.409 e. The zero-order chi connectivity index (χ0) is 13.1. The van der Waals surface area contributed by atoms with E-state index in [0.717, 1.165) is 36.1 Å². The molecule has 2 rings (SSSR count).